The molecule has 1 N–H and O–H groups in total. The van der Waals surface area contributed by atoms with Gasteiger partial charge in [-0.1, -0.05) is 18.2 Å². The van der Waals surface area contributed by atoms with Gasteiger partial charge in [-0.05, 0) is 106 Å². The van der Waals surface area contributed by atoms with Gasteiger partial charge in [0.05, 0.1) is 12.0 Å². The van der Waals surface area contributed by atoms with Crippen LogP contribution in [0.5, 0.6) is 5.88 Å². The van der Waals surface area contributed by atoms with Crippen LogP contribution >= 0.6 is 0 Å². The molecule has 0 unspecified atom stereocenters. The van der Waals surface area contributed by atoms with Crippen LogP contribution in [0.25, 0.3) is 5.65 Å². The molecule has 10 nitrogen and oxygen atoms in total. The number of pyridine rings is 2. The molecule has 3 aromatic heterocycles. The first-order chi connectivity index (χ1) is 20.8. The number of sulfonamides is 1. The van der Waals surface area contributed by atoms with Gasteiger partial charge in [-0.15, -0.1) is 10.2 Å². The number of aromatic nitrogens is 4. The summed E-state index contributed by atoms with van der Waals surface area (Å²) < 4.78 is 37.8. The van der Waals surface area contributed by atoms with Crippen molar-refractivity contribution in [2.24, 2.45) is 5.41 Å². The average Bonchev–Trinajstić information content (AvgIpc) is 3.91. The highest BCUT2D eigenvalue weighted by Gasteiger charge is 2.52. The molecule has 4 aromatic rings. The van der Waals surface area contributed by atoms with Crippen LogP contribution in [0.15, 0.2) is 47.6 Å². The summed E-state index contributed by atoms with van der Waals surface area (Å²) in [7, 11) is -3.91. The second-order valence-electron chi connectivity index (χ2n) is 13.4. The van der Waals surface area contributed by atoms with Gasteiger partial charge in [-0.25, -0.2) is 13.4 Å². The number of fused-ring (bicyclic) bond motifs is 2. The van der Waals surface area contributed by atoms with E-state index < -0.39 is 32.9 Å². The third-order valence-corrected chi connectivity index (χ3v) is 11.4. The molecule has 0 saturated heterocycles. The Labute approximate surface area is 257 Å². The van der Waals surface area contributed by atoms with Gasteiger partial charge in [0.1, 0.15) is 16.3 Å². The topological polar surface area (TPSA) is 127 Å². The molecule has 1 aliphatic heterocycles. The molecule has 1 spiro atoms. The van der Waals surface area contributed by atoms with E-state index in [2.05, 4.69) is 15.2 Å². The Morgan fingerprint density at radius 3 is 2.57 bits per heavy atom. The van der Waals surface area contributed by atoms with Crippen molar-refractivity contribution in [1.82, 2.24) is 23.9 Å². The van der Waals surface area contributed by atoms with Crippen molar-refractivity contribution in [3.63, 3.8) is 0 Å². The van der Waals surface area contributed by atoms with Crippen molar-refractivity contribution >= 4 is 21.6 Å². The maximum atomic E-state index is 14.0. The number of aryl methyl sites for hydroxylation is 3. The fraction of sp³-hybridized carbons (Fsp3) is 0.455. The lowest BCUT2D eigenvalue weighted by atomic mass is 9.70. The monoisotopic (exact) mass is 615 g/mol. The molecule has 0 bridgehead atoms. The number of benzene rings is 1. The van der Waals surface area contributed by atoms with Crippen molar-refractivity contribution in [3.8, 4) is 5.88 Å². The SMILES string of the molecule is Cc1cnc2c(c1)S(=O)(=O)N(Cc1cc([C@H](c3ccn4c(C5CC5)nnc4c3C)C(C)(C)C(=O)O)ccc1C)CC1(CC1)O2. The van der Waals surface area contributed by atoms with E-state index in [-0.39, 0.29) is 23.9 Å². The fourth-order valence-corrected chi connectivity index (χ4v) is 8.14. The standard InChI is InChI=1S/C33H37N5O5S/c1-19-14-26-30(34-16-19)43-33(11-12-33)18-37(44(26,41)42)17-24-15-23(7-6-20(24)2)27(32(4,5)31(39)40)25-10-13-38-28(21(25)3)35-36-29(38)22-8-9-22/h6-7,10,13-16,22,27H,8-9,11-12,17-18H2,1-5H3,(H,39,40)/t27-/m1/s1. The summed E-state index contributed by atoms with van der Waals surface area (Å²) in [5.41, 5.74) is 3.99. The van der Waals surface area contributed by atoms with Crippen molar-refractivity contribution in [2.45, 2.75) is 89.2 Å². The predicted octanol–water partition coefficient (Wildman–Crippen LogP) is 5.29. The lowest BCUT2D eigenvalue weighted by Gasteiger charge is -2.33. The predicted molar refractivity (Wildman–Crippen MR) is 163 cm³/mol. The molecule has 1 aromatic carbocycles. The normalized spacial score (nSPS) is 19.8. The van der Waals surface area contributed by atoms with Crippen LogP contribution in [-0.4, -0.2) is 55.5 Å². The highest BCUT2D eigenvalue weighted by Crippen LogP contribution is 2.47. The van der Waals surface area contributed by atoms with Gasteiger partial charge in [0.25, 0.3) is 0 Å². The second kappa shape index (κ2) is 9.84. The Balaban J connectivity index is 1.32. The van der Waals surface area contributed by atoms with Gasteiger partial charge >= 0.3 is 5.97 Å². The zero-order chi connectivity index (χ0) is 31.2. The van der Waals surface area contributed by atoms with E-state index in [0.717, 1.165) is 70.5 Å². The number of aliphatic carboxylic acids is 1. The van der Waals surface area contributed by atoms with Crippen LogP contribution < -0.4 is 4.74 Å². The first-order valence-electron chi connectivity index (χ1n) is 15.1. The summed E-state index contributed by atoms with van der Waals surface area (Å²) in [4.78, 5) is 17.2. The van der Waals surface area contributed by atoms with E-state index in [1.54, 1.807) is 26.1 Å². The van der Waals surface area contributed by atoms with Gasteiger partial charge in [-0.3, -0.25) is 9.20 Å². The van der Waals surface area contributed by atoms with E-state index >= 15 is 0 Å². The van der Waals surface area contributed by atoms with E-state index in [4.69, 9.17) is 4.74 Å². The van der Waals surface area contributed by atoms with Crippen LogP contribution in [0.3, 0.4) is 0 Å². The molecule has 2 saturated carbocycles. The summed E-state index contributed by atoms with van der Waals surface area (Å²) >= 11 is 0. The van der Waals surface area contributed by atoms with E-state index in [1.165, 1.54) is 4.31 Å². The average molecular weight is 616 g/mol. The van der Waals surface area contributed by atoms with Gasteiger partial charge in [0, 0.05) is 30.8 Å². The number of hydrogen-bond donors (Lipinski definition) is 1. The Morgan fingerprint density at radius 1 is 1.14 bits per heavy atom. The summed E-state index contributed by atoms with van der Waals surface area (Å²) in [6.45, 7) is 9.58. The Bertz CT molecular complexity index is 1940. The zero-order valence-electron chi connectivity index (χ0n) is 25.7. The first-order valence-corrected chi connectivity index (χ1v) is 16.6. The summed E-state index contributed by atoms with van der Waals surface area (Å²) in [6, 6.07) is 9.51. The molecule has 230 valence electrons. The van der Waals surface area contributed by atoms with E-state index in [0.29, 0.717) is 5.92 Å². The Kier molecular flexibility index (Phi) is 6.46. The van der Waals surface area contributed by atoms with Crippen LogP contribution in [0.2, 0.25) is 0 Å². The van der Waals surface area contributed by atoms with Crippen molar-refractivity contribution in [1.29, 1.82) is 0 Å². The molecule has 1 atom stereocenters. The van der Waals surface area contributed by atoms with Gasteiger partial charge in [-0.2, -0.15) is 4.31 Å². The molecule has 0 amide bonds. The third kappa shape index (κ3) is 4.68. The smallest absolute Gasteiger partial charge is 0.310 e. The number of carboxylic acid groups (broad SMARTS) is 1. The number of hydrogen-bond acceptors (Lipinski definition) is 7. The summed E-state index contributed by atoms with van der Waals surface area (Å²) in [5, 5.41) is 19.4. The molecule has 0 radical (unpaired) electrons. The highest BCUT2D eigenvalue weighted by atomic mass is 32.2. The lowest BCUT2D eigenvalue weighted by Crippen LogP contribution is -2.38. The fourth-order valence-electron chi connectivity index (χ4n) is 6.50. The highest BCUT2D eigenvalue weighted by molar-refractivity contribution is 7.89. The summed E-state index contributed by atoms with van der Waals surface area (Å²) in [6.07, 6.45) is 7.30. The first kappa shape index (κ1) is 28.9. The molecule has 44 heavy (non-hydrogen) atoms. The summed E-state index contributed by atoms with van der Waals surface area (Å²) in [5.74, 6) is 0.0736. The lowest BCUT2D eigenvalue weighted by molar-refractivity contribution is -0.147. The zero-order valence-corrected chi connectivity index (χ0v) is 26.5. The largest absolute Gasteiger partial charge is 0.481 e. The number of carbonyl (C=O) groups is 1. The van der Waals surface area contributed by atoms with Crippen molar-refractivity contribution in [3.05, 3.63) is 81.9 Å². The molecular formula is C33H37N5O5S. The minimum atomic E-state index is -3.91. The molecular weight excluding hydrogens is 578 g/mol. The number of carboxylic acids is 1. The van der Waals surface area contributed by atoms with Crippen molar-refractivity contribution in [2.75, 3.05) is 6.54 Å². The Morgan fingerprint density at radius 2 is 1.89 bits per heavy atom. The van der Waals surface area contributed by atoms with Gasteiger partial charge in [0.2, 0.25) is 15.9 Å². The van der Waals surface area contributed by atoms with Gasteiger partial charge < -0.3 is 9.84 Å². The number of ether oxygens (including phenoxy) is 1. The van der Waals surface area contributed by atoms with E-state index in [9.17, 15) is 18.3 Å². The quantitative estimate of drug-likeness (QED) is 0.297. The number of rotatable bonds is 7. The number of nitrogens with zero attached hydrogens (tertiary/aromatic N) is 5. The molecule has 2 aliphatic carbocycles. The molecule has 7 rings (SSSR count). The Hall–Kier alpha value is -3.83. The molecule has 11 heteroatoms. The van der Waals surface area contributed by atoms with Crippen LogP contribution in [0.1, 0.15) is 90.6 Å². The van der Waals surface area contributed by atoms with Crippen LogP contribution in [0, 0.1) is 26.2 Å². The molecule has 3 aliphatic rings. The maximum absolute atomic E-state index is 14.0. The van der Waals surface area contributed by atoms with E-state index in [1.807, 2.05) is 55.6 Å². The molecule has 4 heterocycles. The van der Waals surface area contributed by atoms with Crippen molar-refractivity contribution < 1.29 is 23.1 Å². The third-order valence-electron chi connectivity index (χ3n) is 9.63. The van der Waals surface area contributed by atoms with Crippen LogP contribution in [-0.2, 0) is 21.4 Å². The van der Waals surface area contributed by atoms with Gasteiger partial charge in [0.15, 0.2) is 5.65 Å². The molecule has 2 fully saturated rings. The minimum absolute atomic E-state index is 0.0859. The minimum Gasteiger partial charge on any atom is -0.481 e. The maximum Gasteiger partial charge on any atom is 0.310 e. The van der Waals surface area contributed by atoms with Crippen LogP contribution in [0.4, 0.5) is 0 Å². The second-order valence-corrected chi connectivity index (χ2v) is 15.3.